The molecule has 0 aliphatic rings. The fraction of sp³-hybridized carbons (Fsp3) is 0.0889. The van der Waals surface area contributed by atoms with Crippen molar-refractivity contribution in [2.45, 2.75) is 26.5 Å². The number of halogens is 1. The first kappa shape index (κ1) is 32.0. The van der Waals surface area contributed by atoms with Crippen LogP contribution in [0.3, 0.4) is 0 Å². The number of aryl methyl sites for hydroxylation is 1. The zero-order chi connectivity index (χ0) is 38.5. The molecular weight excluding hydrogens is 852 g/mol. The molecule has 1 radical (unpaired) electrons. The molecule has 0 unspecified atom stereocenters. The van der Waals surface area contributed by atoms with Crippen molar-refractivity contribution in [2.75, 3.05) is 0 Å². The third-order valence-electron chi connectivity index (χ3n) is 9.18. The maximum Gasteiger partial charge on any atom is 0.122 e. The summed E-state index contributed by atoms with van der Waals surface area (Å²) in [6.45, 7) is 4.96. The predicted molar refractivity (Wildman–Crippen MR) is 211 cm³/mol. The summed E-state index contributed by atoms with van der Waals surface area (Å²) in [4.78, 5) is 8.91. The summed E-state index contributed by atoms with van der Waals surface area (Å²) < 4.78 is 42.9. The molecule has 0 N–H and O–H groups in total. The van der Waals surface area contributed by atoms with E-state index in [1.807, 2.05) is 30.5 Å². The Morgan fingerprint density at radius 1 is 0.792 bits per heavy atom. The van der Waals surface area contributed by atoms with Crippen LogP contribution in [0.5, 0.6) is 0 Å². The van der Waals surface area contributed by atoms with Gasteiger partial charge in [0.15, 0.2) is 0 Å². The molecule has 0 amide bonds. The molecule has 4 aromatic heterocycles. The summed E-state index contributed by atoms with van der Waals surface area (Å²) in [5.74, 6) is -0.368. The minimum atomic E-state index is -2.15. The van der Waals surface area contributed by atoms with Crippen LogP contribution in [0, 0.1) is 36.1 Å². The van der Waals surface area contributed by atoms with Gasteiger partial charge in [0.2, 0.25) is 0 Å². The van der Waals surface area contributed by atoms with E-state index in [-0.39, 0.29) is 31.5 Å². The first-order valence-corrected chi connectivity index (χ1v) is 20.3. The van der Waals surface area contributed by atoms with Gasteiger partial charge in [0, 0.05) is 69.8 Å². The zero-order valence-electron chi connectivity index (χ0n) is 32.0. The Kier molecular flexibility index (Phi) is 8.67. The van der Waals surface area contributed by atoms with E-state index in [0.29, 0.717) is 22.4 Å². The predicted octanol–water partition coefficient (Wildman–Crippen LogP) is 11.0. The number of pyridine rings is 2. The molecule has 261 valence electrons. The number of hydrogen-bond donors (Lipinski definition) is 0. The third-order valence-corrected chi connectivity index (χ3v) is 11.2. The number of fused-ring (bicyclic) bond motifs is 6. The Hall–Kier alpha value is -5.71. The third kappa shape index (κ3) is 6.83. The normalized spacial score (nSPS) is 12.4. The summed E-state index contributed by atoms with van der Waals surface area (Å²) in [6.07, 6.45) is 3.27. The molecule has 0 aliphatic carbocycles. The van der Waals surface area contributed by atoms with Crippen molar-refractivity contribution in [2.24, 2.45) is 0 Å². The Morgan fingerprint density at radius 3 is 2.32 bits per heavy atom. The fourth-order valence-corrected chi connectivity index (χ4v) is 7.68. The molecule has 5 nitrogen and oxygen atoms in total. The monoisotopic (exact) mass is 888 g/mol. The molecule has 9 aromatic rings. The Morgan fingerprint density at radius 2 is 1.60 bits per heavy atom. The number of para-hydroxylation sites is 1. The number of nitrogens with zero attached hydrogens (tertiary/aromatic N) is 4. The van der Waals surface area contributed by atoms with Crippen LogP contribution in [0.2, 0.25) is 19.6 Å². The van der Waals surface area contributed by atoms with Crippen molar-refractivity contribution in [3.8, 4) is 34.3 Å². The SMILES string of the molecule is C[Si](C)(C)c1ccc(-n2c3ccccc3c3cnc(-c4[c-]ccc5c4oc4cc(C#N)ccc45)cc32)cc1.[2H]C([2H])([2H])c1ccc(-c2[c-]cc(F)cc2)nc1.[Ir]. The molecule has 8 heteroatoms. The van der Waals surface area contributed by atoms with Crippen molar-refractivity contribution in [1.29, 1.82) is 5.26 Å². The van der Waals surface area contributed by atoms with Crippen molar-refractivity contribution in [3.63, 3.8) is 0 Å². The van der Waals surface area contributed by atoms with E-state index in [0.717, 1.165) is 49.7 Å². The Labute approximate surface area is 326 Å². The molecule has 4 heterocycles. The summed E-state index contributed by atoms with van der Waals surface area (Å²) >= 11 is 0. The van der Waals surface area contributed by atoms with Crippen LogP contribution in [0.25, 0.3) is 71.9 Å². The molecule has 53 heavy (non-hydrogen) atoms. The maximum absolute atomic E-state index is 12.7. The fourth-order valence-electron chi connectivity index (χ4n) is 6.51. The van der Waals surface area contributed by atoms with Crippen molar-refractivity contribution in [1.82, 2.24) is 14.5 Å². The zero-order valence-corrected chi connectivity index (χ0v) is 32.4. The molecule has 0 saturated heterocycles. The number of hydrogen-bond acceptors (Lipinski definition) is 4. The van der Waals surface area contributed by atoms with Gasteiger partial charge in [-0.3, -0.25) is 4.39 Å². The summed E-state index contributed by atoms with van der Waals surface area (Å²) in [6, 6.07) is 44.6. The van der Waals surface area contributed by atoms with E-state index in [9.17, 15) is 9.65 Å². The van der Waals surface area contributed by atoms with Crippen LogP contribution < -0.4 is 5.19 Å². The van der Waals surface area contributed by atoms with Gasteiger partial charge in [-0.25, -0.2) is 0 Å². The van der Waals surface area contributed by atoms with E-state index in [1.54, 1.807) is 18.2 Å². The van der Waals surface area contributed by atoms with E-state index in [1.165, 1.54) is 35.0 Å². The van der Waals surface area contributed by atoms with Crippen LogP contribution >= 0.6 is 0 Å². The van der Waals surface area contributed by atoms with Crippen molar-refractivity contribution < 1.29 is 33.0 Å². The molecule has 0 atom stereocenters. The smallest absolute Gasteiger partial charge is 0.122 e. The van der Waals surface area contributed by atoms with E-state index >= 15 is 0 Å². The maximum atomic E-state index is 12.7. The second kappa shape index (κ2) is 14.4. The van der Waals surface area contributed by atoms with Gasteiger partial charge in [-0.15, -0.1) is 48.0 Å². The second-order valence-electron chi connectivity index (χ2n) is 13.6. The molecule has 5 aromatic carbocycles. The van der Waals surface area contributed by atoms with Gasteiger partial charge in [-0.05, 0) is 54.1 Å². The summed E-state index contributed by atoms with van der Waals surface area (Å²) in [5, 5.41) is 15.0. The van der Waals surface area contributed by atoms with Gasteiger partial charge in [0.1, 0.15) is 5.58 Å². The van der Waals surface area contributed by atoms with Crippen LogP contribution in [0.1, 0.15) is 15.2 Å². The molecule has 0 spiro atoms. The summed E-state index contributed by atoms with van der Waals surface area (Å²) in [7, 11) is -1.40. The van der Waals surface area contributed by atoms with Gasteiger partial charge in [0.05, 0.1) is 30.8 Å². The van der Waals surface area contributed by atoms with Gasteiger partial charge in [0.25, 0.3) is 0 Å². The van der Waals surface area contributed by atoms with Crippen LogP contribution in [0.4, 0.5) is 4.39 Å². The number of furan rings is 1. The van der Waals surface area contributed by atoms with E-state index in [2.05, 4.69) is 102 Å². The molecule has 0 bridgehead atoms. The molecule has 9 rings (SSSR count). The molecule has 0 saturated carbocycles. The van der Waals surface area contributed by atoms with Crippen LogP contribution in [0.15, 0.2) is 132 Å². The van der Waals surface area contributed by atoms with Crippen LogP contribution in [-0.2, 0) is 20.1 Å². The molecular formula is C45H33FIrN4OSi-2. The second-order valence-corrected chi connectivity index (χ2v) is 18.7. The summed E-state index contributed by atoms with van der Waals surface area (Å²) in [5.41, 5.74) is 8.35. The minimum absolute atomic E-state index is 0. The first-order valence-electron chi connectivity index (χ1n) is 18.3. The number of aromatic nitrogens is 3. The minimum Gasteiger partial charge on any atom is -0.501 e. The largest absolute Gasteiger partial charge is 0.501 e. The standard InChI is InChI=1S/C33H24N3OSi.C12H9FN.Ir/c1-38(2,3)23-14-12-22(13-15-23)36-30-10-5-4-7-24(30)28-20-35-29(18-31(28)36)27-9-6-8-26-25-16-11-21(19-34)17-32(25)37-33(26)27;1-9-2-7-12(14-8-9)10-3-5-11(13)6-4-10;/h4-8,10-18,20H,1-3H3;2-3,5-8H,1H3;/q2*-1;/i;1D3;. The number of rotatable bonds is 4. The Balaban J connectivity index is 0.000000225. The van der Waals surface area contributed by atoms with Crippen LogP contribution in [-0.4, -0.2) is 22.6 Å². The van der Waals surface area contributed by atoms with Gasteiger partial charge in [-0.2, -0.15) is 5.26 Å². The van der Waals surface area contributed by atoms with E-state index < -0.39 is 14.9 Å². The molecule has 0 fully saturated rings. The van der Waals surface area contributed by atoms with Gasteiger partial charge < -0.3 is 19.0 Å². The quantitative estimate of drug-likeness (QED) is 0.130. The topological polar surface area (TPSA) is 67.6 Å². The number of nitriles is 1. The first-order chi connectivity index (χ1) is 26.4. The Bertz CT molecular complexity index is 2910. The molecule has 0 aliphatic heterocycles. The van der Waals surface area contributed by atoms with Gasteiger partial charge >= 0.3 is 0 Å². The van der Waals surface area contributed by atoms with Crippen molar-refractivity contribution in [3.05, 3.63) is 157 Å². The number of benzene rings is 5. The van der Waals surface area contributed by atoms with Gasteiger partial charge in [-0.1, -0.05) is 90.4 Å². The average Bonchev–Trinajstić information content (AvgIpc) is 3.73. The van der Waals surface area contributed by atoms with E-state index in [4.69, 9.17) is 13.5 Å². The van der Waals surface area contributed by atoms with Crippen molar-refractivity contribution >= 4 is 57.0 Å². The average molecular weight is 888 g/mol.